The molecule has 228 valence electrons. The number of hydrogen-bond donors (Lipinski definition) is 0. The van der Waals surface area contributed by atoms with Crippen molar-refractivity contribution in [3.63, 3.8) is 0 Å². The van der Waals surface area contributed by atoms with Crippen molar-refractivity contribution in [2.75, 3.05) is 0 Å². The molecule has 0 fully saturated rings. The van der Waals surface area contributed by atoms with Crippen LogP contribution in [0.5, 0.6) is 0 Å². The molecule has 0 N–H and O–H groups in total. The molecular formula is C41H28F3N3. The highest BCUT2D eigenvalue weighted by atomic mass is 19.4. The highest BCUT2D eigenvalue weighted by Crippen LogP contribution is 2.46. The summed E-state index contributed by atoms with van der Waals surface area (Å²) in [5.41, 5.74) is 7.20. The van der Waals surface area contributed by atoms with Crippen molar-refractivity contribution in [1.29, 1.82) is 0 Å². The minimum absolute atomic E-state index is 0.0629. The molecule has 0 saturated heterocycles. The van der Waals surface area contributed by atoms with Gasteiger partial charge in [-0.15, -0.1) is 0 Å². The standard InChI is InChI=1S/C41H28F3N3/c1-24-19-20-27(33(21-24)41(42,43)44)32-22-38(47-36-18-8-6-14-29(36)31-16-10-12-26(3)40(31)47)34(45-4)23-37(32)46-35-17-7-5-13-28(35)30-15-9-11-25(2)39(30)46/h5-23H,1-3H3. The molecule has 0 radical (unpaired) electrons. The first-order valence-electron chi connectivity index (χ1n) is 15.4. The highest BCUT2D eigenvalue weighted by Gasteiger charge is 2.35. The van der Waals surface area contributed by atoms with Gasteiger partial charge in [-0.3, -0.25) is 0 Å². The molecule has 0 saturated carbocycles. The average molecular weight is 620 g/mol. The third-order valence-corrected chi connectivity index (χ3v) is 9.26. The van der Waals surface area contributed by atoms with Crippen molar-refractivity contribution < 1.29 is 13.2 Å². The lowest BCUT2D eigenvalue weighted by atomic mass is 9.94. The van der Waals surface area contributed by atoms with E-state index < -0.39 is 11.7 Å². The van der Waals surface area contributed by atoms with Gasteiger partial charge in [-0.2, -0.15) is 13.2 Å². The molecule has 0 unspecified atom stereocenters. The summed E-state index contributed by atoms with van der Waals surface area (Å²) in [5, 5.41) is 4.02. The zero-order valence-corrected chi connectivity index (χ0v) is 25.9. The van der Waals surface area contributed by atoms with Crippen LogP contribution < -0.4 is 0 Å². The van der Waals surface area contributed by atoms with Gasteiger partial charge in [-0.25, -0.2) is 4.85 Å². The van der Waals surface area contributed by atoms with E-state index >= 15 is 0 Å². The number of aromatic nitrogens is 2. The molecule has 0 aliphatic rings. The van der Waals surface area contributed by atoms with E-state index in [2.05, 4.69) is 10.9 Å². The topological polar surface area (TPSA) is 14.2 Å². The van der Waals surface area contributed by atoms with Gasteiger partial charge in [0.05, 0.1) is 39.9 Å². The Hall–Kier alpha value is -5.80. The summed E-state index contributed by atoms with van der Waals surface area (Å²) in [6.07, 6.45) is -4.60. The number of halogens is 3. The van der Waals surface area contributed by atoms with Crippen molar-refractivity contribution in [2.45, 2.75) is 26.9 Å². The molecule has 0 aliphatic heterocycles. The Morgan fingerprint density at radius 2 is 1.09 bits per heavy atom. The molecule has 0 amide bonds. The second-order valence-corrected chi connectivity index (χ2v) is 12.2. The monoisotopic (exact) mass is 619 g/mol. The summed E-state index contributed by atoms with van der Waals surface area (Å²) in [7, 11) is 0. The summed E-state index contributed by atoms with van der Waals surface area (Å²) >= 11 is 0. The van der Waals surface area contributed by atoms with E-state index in [1.807, 2.05) is 102 Å². The van der Waals surface area contributed by atoms with Gasteiger partial charge in [0.2, 0.25) is 5.69 Å². The number of aryl methyl sites for hydroxylation is 3. The molecule has 0 atom stereocenters. The molecule has 6 aromatic carbocycles. The first-order chi connectivity index (χ1) is 22.7. The quantitative estimate of drug-likeness (QED) is 0.175. The number of rotatable bonds is 3. The Kier molecular flexibility index (Phi) is 6.32. The third-order valence-electron chi connectivity index (χ3n) is 9.26. The summed E-state index contributed by atoms with van der Waals surface area (Å²) in [6, 6.07) is 36.1. The molecule has 47 heavy (non-hydrogen) atoms. The van der Waals surface area contributed by atoms with Crippen LogP contribution in [0.2, 0.25) is 0 Å². The van der Waals surface area contributed by atoms with Crippen molar-refractivity contribution in [1.82, 2.24) is 9.13 Å². The molecule has 3 nitrogen and oxygen atoms in total. The van der Waals surface area contributed by atoms with Crippen molar-refractivity contribution >= 4 is 49.3 Å². The second-order valence-electron chi connectivity index (χ2n) is 12.2. The molecule has 2 heterocycles. The zero-order valence-electron chi connectivity index (χ0n) is 25.9. The van der Waals surface area contributed by atoms with Crippen LogP contribution in [-0.4, -0.2) is 9.13 Å². The number of alkyl halides is 3. The lowest BCUT2D eigenvalue weighted by molar-refractivity contribution is -0.137. The smallest absolute Gasteiger partial charge is 0.319 e. The lowest BCUT2D eigenvalue weighted by Crippen LogP contribution is -2.09. The highest BCUT2D eigenvalue weighted by molar-refractivity contribution is 6.12. The van der Waals surface area contributed by atoms with E-state index in [0.29, 0.717) is 28.2 Å². The predicted molar refractivity (Wildman–Crippen MR) is 186 cm³/mol. The van der Waals surface area contributed by atoms with Crippen LogP contribution >= 0.6 is 0 Å². The van der Waals surface area contributed by atoms with Gasteiger partial charge in [0.25, 0.3) is 0 Å². The van der Waals surface area contributed by atoms with Crippen LogP contribution in [0.25, 0.3) is 71.0 Å². The van der Waals surface area contributed by atoms with Gasteiger partial charge in [0.15, 0.2) is 0 Å². The van der Waals surface area contributed by atoms with Crippen LogP contribution in [0.3, 0.4) is 0 Å². The van der Waals surface area contributed by atoms with E-state index in [0.717, 1.165) is 54.7 Å². The average Bonchev–Trinajstić information content (AvgIpc) is 3.59. The van der Waals surface area contributed by atoms with Crippen LogP contribution in [0.4, 0.5) is 18.9 Å². The molecule has 6 heteroatoms. The van der Waals surface area contributed by atoms with Gasteiger partial charge in [-0.1, -0.05) is 90.5 Å². The Morgan fingerprint density at radius 1 is 0.553 bits per heavy atom. The van der Waals surface area contributed by atoms with E-state index in [4.69, 9.17) is 6.57 Å². The lowest BCUT2D eigenvalue weighted by Gasteiger charge is -2.22. The van der Waals surface area contributed by atoms with E-state index in [9.17, 15) is 13.2 Å². The summed E-state index contributed by atoms with van der Waals surface area (Å²) in [5.74, 6) is 0. The van der Waals surface area contributed by atoms with Gasteiger partial charge in [0, 0.05) is 32.8 Å². The fraction of sp³-hybridized carbons (Fsp3) is 0.0976. The maximum atomic E-state index is 14.9. The minimum atomic E-state index is -4.60. The Bertz CT molecular complexity index is 2610. The number of hydrogen-bond acceptors (Lipinski definition) is 0. The fourth-order valence-electron chi connectivity index (χ4n) is 7.24. The van der Waals surface area contributed by atoms with Crippen molar-refractivity contribution in [3.05, 3.63) is 149 Å². The second kappa shape index (κ2) is 10.4. The Labute approximate surface area is 269 Å². The largest absolute Gasteiger partial charge is 0.417 e. The third kappa shape index (κ3) is 4.27. The molecule has 2 aromatic heterocycles. The first-order valence-corrected chi connectivity index (χ1v) is 15.4. The molecule has 0 bridgehead atoms. The maximum Gasteiger partial charge on any atom is 0.417 e. The van der Waals surface area contributed by atoms with Gasteiger partial charge < -0.3 is 9.13 Å². The molecule has 0 aliphatic carbocycles. The number of benzene rings is 6. The van der Waals surface area contributed by atoms with Crippen LogP contribution in [-0.2, 0) is 6.18 Å². The van der Waals surface area contributed by atoms with Gasteiger partial charge in [0.1, 0.15) is 0 Å². The van der Waals surface area contributed by atoms with Crippen molar-refractivity contribution in [2.24, 2.45) is 0 Å². The Morgan fingerprint density at radius 3 is 1.64 bits per heavy atom. The van der Waals surface area contributed by atoms with Crippen LogP contribution in [0.15, 0.2) is 115 Å². The van der Waals surface area contributed by atoms with E-state index in [1.54, 1.807) is 31.2 Å². The van der Waals surface area contributed by atoms with Gasteiger partial charge >= 0.3 is 6.18 Å². The summed E-state index contributed by atoms with van der Waals surface area (Å²) in [4.78, 5) is 4.04. The maximum absolute atomic E-state index is 14.9. The molecule has 0 spiro atoms. The number of nitrogens with zero attached hydrogens (tertiary/aromatic N) is 3. The van der Waals surface area contributed by atoms with E-state index in [1.165, 1.54) is 6.07 Å². The van der Waals surface area contributed by atoms with E-state index in [-0.39, 0.29) is 5.56 Å². The molecule has 8 aromatic rings. The Balaban J connectivity index is 1.59. The molecular weight excluding hydrogens is 591 g/mol. The SMILES string of the molecule is [C-]#[N+]c1cc(-n2c3ccccc3c3cccc(C)c32)c(-c2ccc(C)cc2C(F)(F)F)cc1-n1c2ccccc2c2cccc(C)c21. The normalized spacial score (nSPS) is 12.0. The number of fused-ring (bicyclic) bond motifs is 6. The fourth-order valence-corrected chi connectivity index (χ4v) is 7.24. The van der Waals surface area contributed by atoms with Crippen molar-refractivity contribution in [3.8, 4) is 22.5 Å². The minimum Gasteiger partial charge on any atom is -0.319 e. The van der Waals surface area contributed by atoms with Gasteiger partial charge in [-0.05, 0) is 67.8 Å². The summed E-state index contributed by atoms with van der Waals surface area (Å²) < 4.78 is 48.7. The zero-order chi connectivity index (χ0) is 32.6. The number of para-hydroxylation sites is 4. The summed E-state index contributed by atoms with van der Waals surface area (Å²) in [6.45, 7) is 14.1. The van der Waals surface area contributed by atoms with Crippen LogP contribution in [0, 0.1) is 27.3 Å². The van der Waals surface area contributed by atoms with Crippen LogP contribution in [0.1, 0.15) is 22.3 Å². The first kappa shape index (κ1) is 28.7. The predicted octanol–water partition coefficient (Wildman–Crippen LogP) is 12.0. The molecule has 8 rings (SSSR count).